The number of hydrogen-bond donors (Lipinski definition) is 1. The van der Waals surface area contributed by atoms with Gasteiger partial charge in [-0.2, -0.15) is 11.8 Å². The van der Waals surface area contributed by atoms with E-state index in [4.69, 9.17) is 11.6 Å². The minimum Gasteiger partial charge on any atom is -0.325 e. The van der Waals surface area contributed by atoms with Gasteiger partial charge in [0.1, 0.15) is 0 Å². The van der Waals surface area contributed by atoms with Crippen molar-refractivity contribution >= 4 is 56.7 Å². The molecule has 126 valence electrons. The lowest BCUT2D eigenvalue weighted by Gasteiger charge is -2.08. The number of carbonyl (C=O) groups excluding carboxylic acids is 2. The lowest BCUT2D eigenvalue weighted by Crippen LogP contribution is -2.15. The first-order valence-electron chi connectivity index (χ1n) is 7.38. The van der Waals surface area contributed by atoms with Crippen molar-refractivity contribution < 1.29 is 9.59 Å². The van der Waals surface area contributed by atoms with E-state index in [1.54, 1.807) is 30.3 Å². The smallest absolute Gasteiger partial charge is 0.234 e. The number of aryl methyl sites for hydroxylation is 1. The number of benzene rings is 2. The van der Waals surface area contributed by atoms with Crippen LogP contribution in [0.5, 0.6) is 0 Å². The van der Waals surface area contributed by atoms with Gasteiger partial charge < -0.3 is 5.32 Å². The van der Waals surface area contributed by atoms with Gasteiger partial charge in [-0.3, -0.25) is 9.59 Å². The minimum absolute atomic E-state index is 0.0819. The van der Waals surface area contributed by atoms with Crippen molar-refractivity contribution in [2.45, 2.75) is 13.3 Å². The van der Waals surface area contributed by atoms with E-state index in [2.05, 4.69) is 21.2 Å². The van der Waals surface area contributed by atoms with Crippen molar-refractivity contribution in [1.82, 2.24) is 0 Å². The Kier molecular flexibility index (Phi) is 7.34. The monoisotopic (exact) mass is 425 g/mol. The van der Waals surface area contributed by atoms with E-state index in [0.717, 1.165) is 15.7 Å². The highest BCUT2D eigenvalue weighted by Crippen LogP contribution is 2.20. The fraction of sp³-hybridized carbons (Fsp3) is 0.222. The van der Waals surface area contributed by atoms with Crippen LogP contribution in [0.3, 0.4) is 0 Å². The van der Waals surface area contributed by atoms with E-state index in [9.17, 15) is 9.59 Å². The Balaban J connectivity index is 1.72. The van der Waals surface area contributed by atoms with Gasteiger partial charge in [0, 0.05) is 32.9 Å². The van der Waals surface area contributed by atoms with E-state index in [1.165, 1.54) is 11.8 Å². The van der Waals surface area contributed by atoms with Gasteiger partial charge in [0.25, 0.3) is 0 Å². The maximum atomic E-state index is 12.0. The Morgan fingerprint density at radius 1 is 1.17 bits per heavy atom. The van der Waals surface area contributed by atoms with Gasteiger partial charge in [-0.05, 0) is 42.8 Å². The number of carbonyl (C=O) groups is 2. The van der Waals surface area contributed by atoms with Gasteiger partial charge in [0.2, 0.25) is 5.91 Å². The summed E-state index contributed by atoms with van der Waals surface area (Å²) in [7, 11) is 0. The molecule has 0 atom stereocenters. The summed E-state index contributed by atoms with van der Waals surface area (Å²) in [5, 5.41) is 3.50. The van der Waals surface area contributed by atoms with E-state index in [1.807, 2.05) is 19.1 Å². The van der Waals surface area contributed by atoms with Crippen molar-refractivity contribution in [3.63, 3.8) is 0 Å². The van der Waals surface area contributed by atoms with Crippen LogP contribution in [0, 0.1) is 6.92 Å². The maximum absolute atomic E-state index is 12.0. The summed E-state index contributed by atoms with van der Waals surface area (Å²) in [5.74, 6) is 0.933. The van der Waals surface area contributed by atoms with Crippen LogP contribution in [0.25, 0.3) is 0 Å². The van der Waals surface area contributed by atoms with Crippen LogP contribution in [0.15, 0.2) is 46.9 Å². The molecule has 2 rings (SSSR count). The van der Waals surface area contributed by atoms with Gasteiger partial charge in [-0.1, -0.05) is 39.7 Å². The zero-order valence-corrected chi connectivity index (χ0v) is 16.3. The molecular formula is C18H17BrClNO2S. The molecule has 0 unspecified atom stereocenters. The summed E-state index contributed by atoms with van der Waals surface area (Å²) in [6, 6.07) is 12.6. The molecule has 0 aliphatic rings. The molecule has 0 fully saturated rings. The van der Waals surface area contributed by atoms with Crippen LogP contribution in [0.4, 0.5) is 5.69 Å². The van der Waals surface area contributed by atoms with Crippen molar-refractivity contribution in [2.75, 3.05) is 16.8 Å². The third-order valence-electron chi connectivity index (χ3n) is 3.34. The fourth-order valence-electron chi connectivity index (χ4n) is 2.06. The second-order valence-electron chi connectivity index (χ2n) is 5.24. The zero-order chi connectivity index (χ0) is 17.5. The summed E-state index contributed by atoms with van der Waals surface area (Å²) >= 11 is 10.7. The Morgan fingerprint density at radius 2 is 1.88 bits per heavy atom. The fourth-order valence-corrected chi connectivity index (χ4v) is 3.29. The predicted octanol–water partition coefficient (Wildman–Crippen LogP) is 5.36. The number of Topliss-reactive ketones (excluding diaryl/α,β-unsaturated/α-hetero) is 1. The molecule has 0 heterocycles. The molecule has 0 radical (unpaired) electrons. The first-order valence-corrected chi connectivity index (χ1v) is 9.71. The lowest BCUT2D eigenvalue weighted by atomic mass is 10.1. The summed E-state index contributed by atoms with van der Waals surface area (Å²) < 4.78 is 0.947. The van der Waals surface area contributed by atoms with Crippen LogP contribution < -0.4 is 5.32 Å². The molecule has 2 aromatic carbocycles. The van der Waals surface area contributed by atoms with Crippen LogP contribution in [-0.2, 0) is 4.79 Å². The average molecular weight is 427 g/mol. The number of thioether (sulfide) groups is 1. The highest BCUT2D eigenvalue weighted by molar-refractivity contribution is 9.10. The van der Waals surface area contributed by atoms with Crippen LogP contribution in [0.2, 0.25) is 5.02 Å². The standard InChI is InChI=1S/C18H17BrClNO2S/c1-12-10-15(20)6-7-16(12)21-18(23)11-24-9-8-17(22)13-2-4-14(19)5-3-13/h2-7,10H,8-9,11H2,1H3,(H,21,23). The third kappa shape index (κ3) is 5.96. The van der Waals surface area contributed by atoms with Gasteiger partial charge in [0.15, 0.2) is 5.78 Å². The molecule has 0 aromatic heterocycles. The normalized spacial score (nSPS) is 10.5. The quantitative estimate of drug-likeness (QED) is 0.479. The Labute approximate surface area is 159 Å². The zero-order valence-electron chi connectivity index (χ0n) is 13.1. The van der Waals surface area contributed by atoms with E-state index in [0.29, 0.717) is 28.5 Å². The lowest BCUT2D eigenvalue weighted by molar-refractivity contribution is -0.113. The van der Waals surface area contributed by atoms with Crippen LogP contribution in [-0.4, -0.2) is 23.2 Å². The molecule has 0 aliphatic carbocycles. The van der Waals surface area contributed by atoms with Crippen LogP contribution >= 0.6 is 39.3 Å². The molecule has 2 aromatic rings. The number of ketones is 1. The van der Waals surface area contributed by atoms with E-state index < -0.39 is 0 Å². The maximum Gasteiger partial charge on any atom is 0.234 e. The Morgan fingerprint density at radius 3 is 2.54 bits per heavy atom. The van der Waals surface area contributed by atoms with Crippen LogP contribution in [0.1, 0.15) is 22.3 Å². The molecule has 6 heteroatoms. The number of rotatable bonds is 7. The highest BCUT2D eigenvalue weighted by atomic mass is 79.9. The molecule has 1 amide bonds. The molecule has 24 heavy (non-hydrogen) atoms. The molecule has 0 saturated heterocycles. The van der Waals surface area contributed by atoms with Gasteiger partial charge in [-0.25, -0.2) is 0 Å². The first-order chi connectivity index (χ1) is 11.5. The molecule has 3 nitrogen and oxygen atoms in total. The number of nitrogens with one attached hydrogen (secondary N) is 1. The molecule has 0 spiro atoms. The largest absolute Gasteiger partial charge is 0.325 e. The number of hydrogen-bond acceptors (Lipinski definition) is 3. The Bertz CT molecular complexity index is 734. The second kappa shape index (κ2) is 9.25. The minimum atomic E-state index is -0.0819. The highest BCUT2D eigenvalue weighted by Gasteiger charge is 2.08. The molecular weight excluding hydrogens is 410 g/mol. The number of halogens is 2. The van der Waals surface area contributed by atoms with Crippen molar-refractivity contribution in [3.8, 4) is 0 Å². The van der Waals surface area contributed by atoms with Gasteiger partial charge in [-0.15, -0.1) is 0 Å². The molecule has 0 saturated carbocycles. The van der Waals surface area contributed by atoms with Crippen molar-refractivity contribution in [3.05, 3.63) is 63.1 Å². The number of anilines is 1. The second-order valence-corrected chi connectivity index (χ2v) is 7.70. The topological polar surface area (TPSA) is 46.2 Å². The first kappa shape index (κ1) is 19.0. The molecule has 0 bridgehead atoms. The van der Waals surface area contributed by atoms with Gasteiger partial charge >= 0.3 is 0 Å². The summed E-state index contributed by atoms with van der Waals surface area (Å²) in [6.07, 6.45) is 0.416. The average Bonchev–Trinajstić information content (AvgIpc) is 2.55. The number of amides is 1. The van der Waals surface area contributed by atoms with E-state index in [-0.39, 0.29) is 11.7 Å². The summed E-state index contributed by atoms with van der Waals surface area (Å²) in [6.45, 7) is 1.89. The summed E-state index contributed by atoms with van der Waals surface area (Å²) in [5.41, 5.74) is 2.38. The molecule has 1 N–H and O–H groups in total. The summed E-state index contributed by atoms with van der Waals surface area (Å²) in [4.78, 5) is 24.0. The molecule has 0 aliphatic heterocycles. The SMILES string of the molecule is Cc1cc(Cl)ccc1NC(=O)CSCCC(=O)c1ccc(Br)cc1. The van der Waals surface area contributed by atoms with Gasteiger partial charge in [0.05, 0.1) is 5.75 Å². The third-order valence-corrected chi connectivity index (χ3v) is 5.06. The van der Waals surface area contributed by atoms with E-state index >= 15 is 0 Å². The predicted molar refractivity (Wildman–Crippen MR) is 105 cm³/mol. The Hall–Kier alpha value is -1.30. The van der Waals surface area contributed by atoms with Crippen molar-refractivity contribution in [1.29, 1.82) is 0 Å². The van der Waals surface area contributed by atoms with Crippen molar-refractivity contribution in [2.24, 2.45) is 0 Å².